The van der Waals surface area contributed by atoms with Crippen molar-refractivity contribution >= 4 is 5.91 Å². The van der Waals surface area contributed by atoms with Gasteiger partial charge in [-0.2, -0.15) is 5.10 Å². The van der Waals surface area contributed by atoms with Gasteiger partial charge in [0.05, 0.1) is 11.7 Å². The maximum atomic E-state index is 11.6. The molecule has 0 radical (unpaired) electrons. The van der Waals surface area contributed by atoms with Crippen LogP contribution in [0.1, 0.15) is 31.9 Å². The lowest BCUT2D eigenvalue weighted by atomic mass is 10.1. The minimum absolute atomic E-state index is 0.0335. The SMILES string of the molecule is CC/C=C/C(=O)NC(C)c1ccc(-n2cncn2)cc1. The van der Waals surface area contributed by atoms with Gasteiger partial charge in [-0.3, -0.25) is 4.79 Å². The van der Waals surface area contributed by atoms with Crippen LogP contribution in [0.3, 0.4) is 0 Å². The van der Waals surface area contributed by atoms with Gasteiger partial charge in [-0.15, -0.1) is 0 Å². The fourth-order valence-corrected chi connectivity index (χ4v) is 1.83. The van der Waals surface area contributed by atoms with Crippen LogP contribution in [0.15, 0.2) is 49.1 Å². The Morgan fingerprint density at radius 3 is 2.75 bits per heavy atom. The molecule has 1 atom stereocenters. The lowest BCUT2D eigenvalue weighted by Gasteiger charge is -2.13. The summed E-state index contributed by atoms with van der Waals surface area (Å²) in [5.41, 5.74) is 1.99. The summed E-state index contributed by atoms with van der Waals surface area (Å²) in [6, 6.07) is 7.83. The van der Waals surface area contributed by atoms with Crippen molar-refractivity contribution in [1.82, 2.24) is 20.1 Å². The van der Waals surface area contributed by atoms with Crippen LogP contribution in [0.4, 0.5) is 0 Å². The normalized spacial score (nSPS) is 12.5. The third-order valence-electron chi connectivity index (χ3n) is 2.94. The zero-order valence-corrected chi connectivity index (χ0v) is 11.7. The molecular formula is C15H18N4O. The highest BCUT2D eigenvalue weighted by Gasteiger charge is 2.07. The lowest BCUT2D eigenvalue weighted by molar-refractivity contribution is -0.117. The van der Waals surface area contributed by atoms with Crippen LogP contribution < -0.4 is 5.32 Å². The van der Waals surface area contributed by atoms with Crippen molar-refractivity contribution in [1.29, 1.82) is 0 Å². The Hall–Kier alpha value is -2.43. The van der Waals surface area contributed by atoms with Crippen molar-refractivity contribution in [3.63, 3.8) is 0 Å². The van der Waals surface area contributed by atoms with Crippen LogP contribution in [0.5, 0.6) is 0 Å². The second kappa shape index (κ2) is 6.65. The Morgan fingerprint density at radius 2 is 2.15 bits per heavy atom. The molecule has 104 valence electrons. The van der Waals surface area contributed by atoms with Gasteiger partial charge in [0.15, 0.2) is 0 Å². The fraction of sp³-hybridized carbons (Fsp3) is 0.267. The Kier molecular flexibility index (Phi) is 4.65. The van der Waals surface area contributed by atoms with Crippen molar-refractivity contribution in [3.8, 4) is 5.69 Å². The van der Waals surface area contributed by atoms with Gasteiger partial charge in [-0.1, -0.05) is 25.1 Å². The van der Waals surface area contributed by atoms with Gasteiger partial charge in [-0.05, 0) is 37.1 Å². The molecule has 0 fully saturated rings. The molecule has 1 N–H and O–H groups in total. The van der Waals surface area contributed by atoms with Crippen molar-refractivity contribution in [2.45, 2.75) is 26.3 Å². The topological polar surface area (TPSA) is 59.8 Å². The third kappa shape index (κ3) is 3.54. The zero-order valence-electron chi connectivity index (χ0n) is 11.7. The van der Waals surface area contributed by atoms with Gasteiger partial charge in [0.1, 0.15) is 12.7 Å². The second-order valence-corrected chi connectivity index (χ2v) is 4.47. The van der Waals surface area contributed by atoms with Crippen LogP contribution in [0.25, 0.3) is 5.69 Å². The Labute approximate surface area is 118 Å². The van der Waals surface area contributed by atoms with E-state index in [4.69, 9.17) is 0 Å². The predicted octanol–water partition coefficient (Wildman–Crippen LogP) is 2.41. The predicted molar refractivity (Wildman–Crippen MR) is 77.3 cm³/mol. The first kappa shape index (κ1) is 14.0. The van der Waals surface area contributed by atoms with Crippen LogP contribution in [0, 0.1) is 0 Å². The van der Waals surface area contributed by atoms with E-state index in [0.29, 0.717) is 0 Å². The number of rotatable bonds is 5. The van der Waals surface area contributed by atoms with E-state index in [2.05, 4.69) is 15.4 Å². The molecule has 5 nitrogen and oxygen atoms in total. The summed E-state index contributed by atoms with van der Waals surface area (Å²) in [4.78, 5) is 15.5. The lowest BCUT2D eigenvalue weighted by Crippen LogP contribution is -2.24. The van der Waals surface area contributed by atoms with E-state index < -0.39 is 0 Å². The Balaban J connectivity index is 2.02. The van der Waals surface area contributed by atoms with Gasteiger partial charge in [0, 0.05) is 0 Å². The summed E-state index contributed by atoms with van der Waals surface area (Å²) >= 11 is 0. The molecule has 0 aliphatic rings. The van der Waals surface area contributed by atoms with Crippen molar-refractivity contribution in [2.24, 2.45) is 0 Å². The third-order valence-corrected chi connectivity index (χ3v) is 2.94. The molecule has 1 unspecified atom stereocenters. The first-order valence-electron chi connectivity index (χ1n) is 6.62. The quantitative estimate of drug-likeness (QED) is 0.849. The van der Waals surface area contributed by atoms with Crippen LogP contribution in [0.2, 0.25) is 0 Å². The van der Waals surface area contributed by atoms with Crippen molar-refractivity contribution in [2.75, 3.05) is 0 Å². The molecule has 2 aromatic rings. The van der Waals surface area contributed by atoms with E-state index >= 15 is 0 Å². The van der Waals surface area contributed by atoms with E-state index in [1.54, 1.807) is 17.1 Å². The fourth-order valence-electron chi connectivity index (χ4n) is 1.83. The first-order valence-corrected chi connectivity index (χ1v) is 6.62. The highest BCUT2D eigenvalue weighted by molar-refractivity contribution is 5.87. The summed E-state index contributed by atoms with van der Waals surface area (Å²) in [7, 11) is 0. The molecule has 0 aliphatic carbocycles. The number of carbonyl (C=O) groups excluding carboxylic acids is 1. The Morgan fingerprint density at radius 1 is 1.40 bits per heavy atom. The van der Waals surface area contributed by atoms with Crippen LogP contribution in [-0.2, 0) is 4.79 Å². The first-order chi connectivity index (χ1) is 9.70. The average molecular weight is 270 g/mol. The molecule has 2 rings (SSSR count). The summed E-state index contributed by atoms with van der Waals surface area (Å²) in [6.07, 6.45) is 7.41. The largest absolute Gasteiger partial charge is 0.346 e. The highest BCUT2D eigenvalue weighted by atomic mass is 16.1. The average Bonchev–Trinajstić information content (AvgIpc) is 2.99. The van der Waals surface area contributed by atoms with Gasteiger partial charge < -0.3 is 5.32 Å². The zero-order chi connectivity index (χ0) is 14.4. The standard InChI is InChI=1S/C15H18N4O/c1-3-4-5-15(20)18-12(2)13-6-8-14(9-7-13)19-11-16-10-17-19/h4-12H,3H2,1-2H3,(H,18,20)/b5-4+. The van der Waals surface area contributed by atoms with E-state index in [-0.39, 0.29) is 11.9 Å². The molecule has 0 saturated heterocycles. The van der Waals surface area contributed by atoms with Crippen LogP contribution >= 0.6 is 0 Å². The summed E-state index contributed by atoms with van der Waals surface area (Å²) in [5.74, 6) is -0.0697. The van der Waals surface area contributed by atoms with Crippen molar-refractivity contribution in [3.05, 3.63) is 54.6 Å². The molecule has 1 aromatic carbocycles. The molecule has 0 aliphatic heterocycles. The number of allylic oxidation sites excluding steroid dienone is 1. The second-order valence-electron chi connectivity index (χ2n) is 4.47. The maximum Gasteiger partial charge on any atom is 0.244 e. The van der Waals surface area contributed by atoms with Gasteiger partial charge in [0.25, 0.3) is 0 Å². The number of benzene rings is 1. The monoisotopic (exact) mass is 270 g/mol. The van der Waals surface area contributed by atoms with Gasteiger partial charge >= 0.3 is 0 Å². The molecule has 5 heteroatoms. The number of hydrogen-bond acceptors (Lipinski definition) is 3. The minimum atomic E-state index is -0.0697. The number of aromatic nitrogens is 3. The number of nitrogens with zero attached hydrogens (tertiary/aromatic N) is 3. The van der Waals surface area contributed by atoms with Crippen molar-refractivity contribution < 1.29 is 4.79 Å². The van der Waals surface area contributed by atoms with Crippen LogP contribution in [-0.4, -0.2) is 20.7 Å². The summed E-state index contributed by atoms with van der Waals surface area (Å²) < 4.78 is 1.69. The van der Waals surface area contributed by atoms with Gasteiger partial charge in [-0.25, -0.2) is 9.67 Å². The number of nitrogens with one attached hydrogen (secondary N) is 1. The molecule has 0 saturated carbocycles. The van der Waals surface area contributed by atoms with E-state index in [1.165, 1.54) is 6.33 Å². The number of carbonyl (C=O) groups is 1. The molecule has 20 heavy (non-hydrogen) atoms. The minimum Gasteiger partial charge on any atom is -0.346 e. The van der Waals surface area contributed by atoms with E-state index in [0.717, 1.165) is 17.7 Å². The number of amides is 1. The smallest absolute Gasteiger partial charge is 0.244 e. The maximum absolute atomic E-state index is 11.6. The van der Waals surface area contributed by atoms with E-state index in [9.17, 15) is 4.79 Å². The molecule has 1 aromatic heterocycles. The summed E-state index contributed by atoms with van der Waals surface area (Å²) in [5, 5.41) is 6.99. The summed E-state index contributed by atoms with van der Waals surface area (Å²) in [6.45, 7) is 3.96. The molecule has 1 amide bonds. The molecular weight excluding hydrogens is 252 g/mol. The molecule has 0 spiro atoms. The van der Waals surface area contributed by atoms with Gasteiger partial charge in [0.2, 0.25) is 5.91 Å². The van der Waals surface area contributed by atoms with E-state index in [1.807, 2.05) is 44.2 Å². The molecule has 1 heterocycles. The number of hydrogen-bond donors (Lipinski definition) is 1. The highest BCUT2D eigenvalue weighted by Crippen LogP contribution is 2.15. The Bertz CT molecular complexity index is 572. The molecule has 0 bridgehead atoms.